The van der Waals surface area contributed by atoms with Gasteiger partial charge in [0.25, 0.3) is 5.91 Å². The molecule has 1 amide bonds. The van der Waals surface area contributed by atoms with Crippen LogP contribution in [0.25, 0.3) is 0 Å². The molecule has 3 rings (SSSR count). The highest BCUT2D eigenvalue weighted by Gasteiger charge is 2.30. The highest BCUT2D eigenvalue weighted by Crippen LogP contribution is 2.29. The molecule has 0 saturated heterocycles. The molecule has 2 aromatic carbocycles. The van der Waals surface area contributed by atoms with Crippen molar-refractivity contribution < 1.29 is 9.59 Å². The number of rotatable bonds is 3. The summed E-state index contributed by atoms with van der Waals surface area (Å²) in [7, 11) is 1.56. The molecule has 112 valence electrons. The molecule has 1 aliphatic heterocycles. The van der Waals surface area contributed by atoms with Gasteiger partial charge in [-0.05, 0) is 29.3 Å². The van der Waals surface area contributed by atoms with Crippen LogP contribution in [-0.4, -0.2) is 18.7 Å². The van der Waals surface area contributed by atoms with Crippen molar-refractivity contribution in [2.24, 2.45) is 0 Å². The Bertz CT molecular complexity index is 758. The van der Waals surface area contributed by atoms with E-state index in [-0.39, 0.29) is 11.7 Å². The average Bonchev–Trinajstić information content (AvgIpc) is 2.97. The summed E-state index contributed by atoms with van der Waals surface area (Å²) in [5.41, 5.74) is 2.92. The van der Waals surface area contributed by atoms with E-state index in [1.807, 2.05) is 24.3 Å². The van der Waals surface area contributed by atoms with Crippen molar-refractivity contribution >= 4 is 27.6 Å². The first-order valence-electron chi connectivity index (χ1n) is 6.99. The number of hydrogen-bond acceptors (Lipinski definition) is 3. The van der Waals surface area contributed by atoms with Crippen molar-refractivity contribution in [2.45, 2.75) is 12.6 Å². The van der Waals surface area contributed by atoms with Gasteiger partial charge in [0, 0.05) is 23.6 Å². The van der Waals surface area contributed by atoms with Gasteiger partial charge < -0.3 is 5.32 Å². The molecule has 0 saturated carbocycles. The molecule has 5 heteroatoms. The Balaban J connectivity index is 2.02. The molecule has 0 spiro atoms. The molecular formula is C17H15BrN2O2. The molecule has 2 aromatic rings. The summed E-state index contributed by atoms with van der Waals surface area (Å²) in [4.78, 5) is 25.0. The zero-order valence-electron chi connectivity index (χ0n) is 12.0. The van der Waals surface area contributed by atoms with Crippen LogP contribution in [0, 0.1) is 0 Å². The predicted molar refractivity (Wildman–Crippen MR) is 87.9 cm³/mol. The fraction of sp³-hybridized carbons (Fsp3) is 0.176. The van der Waals surface area contributed by atoms with Crippen LogP contribution in [0.2, 0.25) is 0 Å². The minimum Gasteiger partial charge on any atom is -0.355 e. The standard InChI is InChI=1S/C17H15BrN2O2/c1-19-17(22)14-8-11(18)6-7-13(14)16(21)15-12-5-3-2-4-10(12)9-20-15/h2-8,15,20H,9H2,1H3,(H,19,22). The monoisotopic (exact) mass is 358 g/mol. The number of ketones is 1. The van der Waals surface area contributed by atoms with Crippen LogP contribution in [0.5, 0.6) is 0 Å². The van der Waals surface area contributed by atoms with Crippen molar-refractivity contribution in [1.82, 2.24) is 10.6 Å². The summed E-state index contributed by atoms with van der Waals surface area (Å²) in [6.07, 6.45) is 0. The molecule has 22 heavy (non-hydrogen) atoms. The topological polar surface area (TPSA) is 58.2 Å². The lowest BCUT2D eigenvalue weighted by molar-refractivity contribution is 0.0921. The normalized spacial score (nSPS) is 16.2. The maximum atomic E-state index is 12.9. The van der Waals surface area contributed by atoms with E-state index in [0.29, 0.717) is 17.7 Å². The van der Waals surface area contributed by atoms with Crippen molar-refractivity contribution in [3.63, 3.8) is 0 Å². The Morgan fingerprint density at radius 3 is 2.73 bits per heavy atom. The Labute approximate surface area is 137 Å². The van der Waals surface area contributed by atoms with Gasteiger partial charge in [0.15, 0.2) is 5.78 Å². The van der Waals surface area contributed by atoms with Gasteiger partial charge in [0.05, 0.1) is 11.6 Å². The molecule has 1 aliphatic rings. The Morgan fingerprint density at radius 1 is 1.18 bits per heavy atom. The largest absolute Gasteiger partial charge is 0.355 e. The number of nitrogens with one attached hydrogen (secondary N) is 2. The molecule has 4 nitrogen and oxygen atoms in total. The van der Waals surface area contributed by atoms with Crippen LogP contribution in [0.1, 0.15) is 37.9 Å². The third-order valence-electron chi connectivity index (χ3n) is 3.84. The predicted octanol–water partition coefficient (Wildman–Crippen LogP) is 2.84. The van der Waals surface area contributed by atoms with E-state index in [0.717, 1.165) is 15.6 Å². The summed E-state index contributed by atoms with van der Waals surface area (Å²) in [5, 5.41) is 5.81. The van der Waals surface area contributed by atoms with Gasteiger partial charge in [-0.3, -0.25) is 14.9 Å². The molecule has 0 radical (unpaired) electrons. The summed E-state index contributed by atoms with van der Waals surface area (Å²) in [6, 6.07) is 12.6. The smallest absolute Gasteiger partial charge is 0.251 e. The van der Waals surface area contributed by atoms with Crippen molar-refractivity contribution in [2.75, 3.05) is 7.05 Å². The van der Waals surface area contributed by atoms with Gasteiger partial charge in [-0.2, -0.15) is 0 Å². The zero-order valence-corrected chi connectivity index (χ0v) is 13.6. The lowest BCUT2D eigenvalue weighted by Crippen LogP contribution is -2.26. The second-order valence-electron chi connectivity index (χ2n) is 5.15. The quantitative estimate of drug-likeness (QED) is 0.829. The van der Waals surface area contributed by atoms with Crippen LogP contribution in [0.15, 0.2) is 46.9 Å². The van der Waals surface area contributed by atoms with Crippen molar-refractivity contribution in [3.8, 4) is 0 Å². The van der Waals surface area contributed by atoms with Crippen LogP contribution >= 0.6 is 15.9 Å². The van der Waals surface area contributed by atoms with E-state index in [9.17, 15) is 9.59 Å². The summed E-state index contributed by atoms with van der Waals surface area (Å²) in [6.45, 7) is 0.665. The van der Waals surface area contributed by atoms with Gasteiger partial charge in [0.2, 0.25) is 0 Å². The third kappa shape index (κ3) is 2.58. The highest BCUT2D eigenvalue weighted by atomic mass is 79.9. The molecule has 1 atom stereocenters. The Hall–Kier alpha value is -1.98. The van der Waals surface area contributed by atoms with Crippen molar-refractivity contribution in [1.29, 1.82) is 0 Å². The second-order valence-corrected chi connectivity index (χ2v) is 6.06. The first kappa shape index (κ1) is 14.9. The molecule has 0 aliphatic carbocycles. The second kappa shape index (κ2) is 6.02. The number of fused-ring (bicyclic) bond motifs is 1. The zero-order chi connectivity index (χ0) is 15.7. The first-order chi connectivity index (χ1) is 10.6. The van der Waals surface area contributed by atoms with Crippen LogP contribution in [0.4, 0.5) is 0 Å². The molecule has 0 fully saturated rings. The minimum atomic E-state index is -0.402. The number of carbonyl (C=O) groups is 2. The third-order valence-corrected chi connectivity index (χ3v) is 4.34. The molecule has 0 bridgehead atoms. The number of Topliss-reactive ketones (excluding diaryl/α,β-unsaturated/α-hetero) is 1. The molecule has 1 unspecified atom stereocenters. The highest BCUT2D eigenvalue weighted by molar-refractivity contribution is 9.10. The van der Waals surface area contributed by atoms with Gasteiger partial charge in [-0.15, -0.1) is 0 Å². The van der Waals surface area contributed by atoms with Crippen LogP contribution in [-0.2, 0) is 6.54 Å². The van der Waals surface area contributed by atoms with E-state index >= 15 is 0 Å². The molecular weight excluding hydrogens is 344 g/mol. The fourth-order valence-corrected chi connectivity index (χ4v) is 3.10. The molecule has 1 heterocycles. The van der Waals surface area contributed by atoms with Crippen molar-refractivity contribution in [3.05, 3.63) is 69.2 Å². The fourth-order valence-electron chi connectivity index (χ4n) is 2.74. The SMILES string of the molecule is CNC(=O)c1cc(Br)ccc1C(=O)C1NCc2ccccc21. The number of halogens is 1. The first-order valence-corrected chi connectivity index (χ1v) is 7.78. The summed E-state index contributed by atoms with van der Waals surface area (Å²) in [5.74, 6) is -0.355. The van der Waals surface area contributed by atoms with Gasteiger partial charge >= 0.3 is 0 Å². The van der Waals surface area contributed by atoms with E-state index in [1.54, 1.807) is 25.2 Å². The maximum Gasteiger partial charge on any atom is 0.251 e. The van der Waals surface area contributed by atoms with Crippen LogP contribution in [0.3, 0.4) is 0 Å². The van der Waals surface area contributed by atoms with Gasteiger partial charge in [0.1, 0.15) is 0 Å². The number of benzene rings is 2. The number of carbonyl (C=O) groups excluding carboxylic acids is 2. The van der Waals surface area contributed by atoms with Gasteiger partial charge in [-0.1, -0.05) is 40.2 Å². The lowest BCUT2D eigenvalue weighted by atomic mass is 9.94. The lowest BCUT2D eigenvalue weighted by Gasteiger charge is -2.14. The Morgan fingerprint density at radius 2 is 1.95 bits per heavy atom. The van der Waals surface area contributed by atoms with E-state index in [2.05, 4.69) is 26.6 Å². The van der Waals surface area contributed by atoms with E-state index in [4.69, 9.17) is 0 Å². The van der Waals surface area contributed by atoms with Gasteiger partial charge in [-0.25, -0.2) is 0 Å². The Kier molecular flexibility index (Phi) is 4.09. The maximum absolute atomic E-state index is 12.9. The minimum absolute atomic E-state index is 0.0870. The number of amides is 1. The summed E-state index contributed by atoms with van der Waals surface area (Å²) < 4.78 is 0.766. The average molecular weight is 359 g/mol. The van der Waals surface area contributed by atoms with Crippen LogP contribution < -0.4 is 10.6 Å². The van der Waals surface area contributed by atoms with E-state index < -0.39 is 6.04 Å². The van der Waals surface area contributed by atoms with E-state index in [1.165, 1.54) is 0 Å². The molecule has 0 aromatic heterocycles. The molecule has 2 N–H and O–H groups in total. The summed E-state index contributed by atoms with van der Waals surface area (Å²) >= 11 is 3.35. The number of hydrogen-bond donors (Lipinski definition) is 2.